The zero-order valence-electron chi connectivity index (χ0n) is 9.83. The van der Waals surface area contributed by atoms with Crippen molar-refractivity contribution in [2.24, 2.45) is 0 Å². The van der Waals surface area contributed by atoms with Crippen LogP contribution in [0.25, 0.3) is 11.1 Å². The van der Waals surface area contributed by atoms with Crippen LogP contribution in [0.1, 0.15) is 25.3 Å². The Labute approximate surface area is 103 Å². The first-order valence-corrected chi connectivity index (χ1v) is 5.64. The minimum atomic E-state index is -1.18. The minimum absolute atomic E-state index is 0.122. The van der Waals surface area contributed by atoms with Gasteiger partial charge in [-0.3, -0.25) is 0 Å². The molecule has 1 aromatic carbocycles. The SMILES string of the molecule is CCC(NC(=O)O)C(O)c1nc2ccccc2o1. The van der Waals surface area contributed by atoms with Crippen LogP contribution in [0.2, 0.25) is 0 Å². The van der Waals surface area contributed by atoms with E-state index in [0.717, 1.165) is 0 Å². The molecule has 6 heteroatoms. The smallest absolute Gasteiger partial charge is 0.404 e. The number of carboxylic acid groups (broad SMARTS) is 1. The van der Waals surface area contributed by atoms with Crippen LogP contribution in [0.15, 0.2) is 28.7 Å². The molecule has 2 rings (SSSR count). The Hall–Kier alpha value is -2.08. The first kappa shape index (κ1) is 12.4. The van der Waals surface area contributed by atoms with Gasteiger partial charge in [-0.25, -0.2) is 9.78 Å². The van der Waals surface area contributed by atoms with Crippen molar-refractivity contribution in [2.45, 2.75) is 25.5 Å². The molecule has 0 aliphatic heterocycles. The molecule has 0 bridgehead atoms. The summed E-state index contributed by atoms with van der Waals surface area (Å²) < 4.78 is 5.40. The fraction of sp³-hybridized carbons (Fsp3) is 0.333. The Balaban J connectivity index is 2.26. The molecule has 2 atom stereocenters. The average Bonchev–Trinajstić information content (AvgIpc) is 2.78. The molecule has 1 heterocycles. The molecule has 0 radical (unpaired) electrons. The second-order valence-corrected chi connectivity index (χ2v) is 3.93. The third-order valence-electron chi connectivity index (χ3n) is 2.69. The maximum absolute atomic E-state index is 10.6. The van der Waals surface area contributed by atoms with E-state index >= 15 is 0 Å². The predicted octanol–water partition coefficient (Wildman–Crippen LogP) is 1.91. The van der Waals surface area contributed by atoms with Crippen molar-refractivity contribution in [1.82, 2.24) is 10.3 Å². The third-order valence-corrected chi connectivity index (χ3v) is 2.69. The first-order chi connectivity index (χ1) is 8.61. The Morgan fingerprint density at radius 3 is 2.83 bits per heavy atom. The molecule has 3 N–H and O–H groups in total. The van der Waals surface area contributed by atoms with Gasteiger partial charge in [-0.2, -0.15) is 0 Å². The summed E-state index contributed by atoms with van der Waals surface area (Å²) in [7, 11) is 0. The van der Waals surface area contributed by atoms with Crippen LogP contribution in [0.3, 0.4) is 0 Å². The molecule has 2 unspecified atom stereocenters. The van der Waals surface area contributed by atoms with E-state index in [-0.39, 0.29) is 5.89 Å². The van der Waals surface area contributed by atoms with Crippen molar-refractivity contribution in [3.63, 3.8) is 0 Å². The quantitative estimate of drug-likeness (QED) is 0.770. The fourth-order valence-corrected chi connectivity index (χ4v) is 1.75. The van der Waals surface area contributed by atoms with Crippen molar-refractivity contribution in [3.8, 4) is 0 Å². The number of carbonyl (C=O) groups is 1. The summed E-state index contributed by atoms with van der Waals surface area (Å²) in [6, 6.07) is 6.48. The van der Waals surface area contributed by atoms with E-state index < -0.39 is 18.2 Å². The number of nitrogens with zero attached hydrogens (tertiary/aromatic N) is 1. The molecule has 0 spiro atoms. The van der Waals surface area contributed by atoms with Gasteiger partial charge in [0, 0.05) is 0 Å². The molecule has 18 heavy (non-hydrogen) atoms. The Kier molecular flexibility index (Phi) is 3.47. The highest BCUT2D eigenvalue weighted by atomic mass is 16.4. The number of aliphatic hydroxyl groups is 1. The largest absolute Gasteiger partial charge is 0.465 e. The zero-order valence-corrected chi connectivity index (χ0v) is 9.83. The number of amides is 1. The van der Waals surface area contributed by atoms with Crippen LogP contribution in [0, 0.1) is 0 Å². The molecule has 2 aromatic rings. The van der Waals surface area contributed by atoms with Gasteiger partial charge >= 0.3 is 6.09 Å². The summed E-state index contributed by atoms with van der Waals surface area (Å²) in [5.74, 6) is 0.122. The lowest BCUT2D eigenvalue weighted by molar-refractivity contribution is 0.0959. The second-order valence-electron chi connectivity index (χ2n) is 3.93. The molecule has 0 aliphatic carbocycles. The van der Waals surface area contributed by atoms with Crippen LogP contribution in [-0.4, -0.2) is 27.3 Å². The molecule has 1 aromatic heterocycles. The van der Waals surface area contributed by atoms with Gasteiger partial charge < -0.3 is 19.9 Å². The minimum Gasteiger partial charge on any atom is -0.465 e. The highest BCUT2D eigenvalue weighted by Gasteiger charge is 2.25. The van der Waals surface area contributed by atoms with Crippen molar-refractivity contribution >= 4 is 17.2 Å². The van der Waals surface area contributed by atoms with E-state index in [2.05, 4.69) is 10.3 Å². The third kappa shape index (κ3) is 2.43. The molecule has 0 saturated carbocycles. The number of para-hydroxylation sites is 2. The number of rotatable bonds is 4. The summed E-state index contributed by atoms with van der Waals surface area (Å²) in [5, 5.41) is 21.0. The molecule has 0 saturated heterocycles. The van der Waals surface area contributed by atoms with Crippen LogP contribution >= 0.6 is 0 Å². The second kappa shape index (κ2) is 5.05. The van der Waals surface area contributed by atoms with Crippen molar-refractivity contribution in [2.75, 3.05) is 0 Å². The molecule has 6 nitrogen and oxygen atoms in total. The molecular weight excluding hydrogens is 236 g/mol. The summed E-state index contributed by atoms with van der Waals surface area (Å²) >= 11 is 0. The molecule has 0 fully saturated rings. The molecule has 1 amide bonds. The summed E-state index contributed by atoms with van der Waals surface area (Å²) in [4.78, 5) is 14.7. The van der Waals surface area contributed by atoms with Gasteiger partial charge in [0.05, 0.1) is 6.04 Å². The van der Waals surface area contributed by atoms with Crippen molar-refractivity contribution in [1.29, 1.82) is 0 Å². The molecule has 0 aliphatic rings. The van der Waals surface area contributed by atoms with Crippen LogP contribution in [0.5, 0.6) is 0 Å². The number of fused-ring (bicyclic) bond motifs is 1. The van der Waals surface area contributed by atoms with E-state index in [1.165, 1.54) is 0 Å². The Morgan fingerprint density at radius 2 is 2.22 bits per heavy atom. The Morgan fingerprint density at radius 1 is 1.50 bits per heavy atom. The van der Waals surface area contributed by atoms with Gasteiger partial charge in [0.2, 0.25) is 5.89 Å². The maximum atomic E-state index is 10.6. The van der Waals surface area contributed by atoms with E-state index in [4.69, 9.17) is 9.52 Å². The number of hydrogen-bond donors (Lipinski definition) is 3. The van der Waals surface area contributed by atoms with Gasteiger partial charge in [0.1, 0.15) is 5.52 Å². The van der Waals surface area contributed by atoms with E-state index in [0.29, 0.717) is 17.5 Å². The molecular formula is C12H14N2O4. The summed E-state index contributed by atoms with van der Waals surface area (Å²) in [6.07, 6.45) is -1.85. The monoisotopic (exact) mass is 250 g/mol. The van der Waals surface area contributed by atoms with Crippen molar-refractivity contribution in [3.05, 3.63) is 30.2 Å². The van der Waals surface area contributed by atoms with E-state index in [9.17, 15) is 9.90 Å². The number of benzene rings is 1. The number of aliphatic hydroxyl groups excluding tert-OH is 1. The first-order valence-electron chi connectivity index (χ1n) is 5.64. The van der Waals surface area contributed by atoms with E-state index in [1.807, 2.05) is 6.07 Å². The van der Waals surface area contributed by atoms with E-state index in [1.54, 1.807) is 25.1 Å². The number of nitrogens with one attached hydrogen (secondary N) is 1. The maximum Gasteiger partial charge on any atom is 0.404 e. The average molecular weight is 250 g/mol. The zero-order chi connectivity index (χ0) is 13.1. The van der Waals surface area contributed by atoms with Crippen molar-refractivity contribution < 1.29 is 19.4 Å². The van der Waals surface area contributed by atoms with Gasteiger partial charge in [-0.1, -0.05) is 19.1 Å². The van der Waals surface area contributed by atoms with Gasteiger partial charge in [-0.05, 0) is 18.6 Å². The van der Waals surface area contributed by atoms with Gasteiger partial charge in [0.25, 0.3) is 0 Å². The topological polar surface area (TPSA) is 95.6 Å². The van der Waals surface area contributed by atoms with Crippen LogP contribution < -0.4 is 5.32 Å². The normalized spacial score (nSPS) is 14.3. The predicted molar refractivity (Wildman–Crippen MR) is 64.2 cm³/mol. The Bertz CT molecular complexity index is 519. The molecule has 96 valence electrons. The summed E-state index contributed by atoms with van der Waals surface area (Å²) in [5.41, 5.74) is 1.20. The fourth-order valence-electron chi connectivity index (χ4n) is 1.75. The van der Waals surface area contributed by atoms with Crippen LogP contribution in [-0.2, 0) is 0 Å². The number of oxazole rings is 1. The lowest BCUT2D eigenvalue weighted by Crippen LogP contribution is -2.38. The lowest BCUT2D eigenvalue weighted by atomic mass is 10.1. The van der Waals surface area contributed by atoms with Crippen LogP contribution in [0.4, 0.5) is 4.79 Å². The highest BCUT2D eigenvalue weighted by Crippen LogP contribution is 2.23. The van der Waals surface area contributed by atoms with Gasteiger partial charge in [0.15, 0.2) is 11.7 Å². The lowest BCUT2D eigenvalue weighted by Gasteiger charge is -2.18. The van der Waals surface area contributed by atoms with Gasteiger partial charge in [-0.15, -0.1) is 0 Å². The number of aromatic nitrogens is 1. The summed E-state index contributed by atoms with van der Waals surface area (Å²) in [6.45, 7) is 1.77. The number of hydrogen-bond acceptors (Lipinski definition) is 4. The standard InChI is InChI=1S/C12H14N2O4/c1-2-7(14-12(16)17)10(15)11-13-8-5-3-4-6-9(8)18-11/h3-7,10,14-15H,2H2,1H3,(H,16,17). The highest BCUT2D eigenvalue weighted by molar-refractivity contribution is 5.72.